The maximum absolute atomic E-state index is 12.9. The van der Waals surface area contributed by atoms with E-state index >= 15 is 0 Å². The van der Waals surface area contributed by atoms with Crippen LogP contribution in [0.1, 0.15) is 29.3 Å². The third kappa shape index (κ3) is 5.28. The third-order valence-corrected chi connectivity index (χ3v) is 5.06. The number of methoxy groups -OCH3 is 1. The average Bonchev–Trinajstić information content (AvgIpc) is 3.01. The van der Waals surface area contributed by atoms with Gasteiger partial charge in [0.25, 0.3) is 5.91 Å². The van der Waals surface area contributed by atoms with Gasteiger partial charge in [0.05, 0.1) is 25.7 Å². The van der Waals surface area contributed by atoms with Crippen molar-refractivity contribution >= 4 is 11.8 Å². The molecule has 6 nitrogen and oxygen atoms in total. The average molecular weight is 396 g/mol. The number of benzene rings is 2. The Balaban J connectivity index is 1.59. The van der Waals surface area contributed by atoms with Crippen molar-refractivity contribution in [3.05, 3.63) is 59.7 Å². The number of carbonyl (C=O) groups is 2. The summed E-state index contributed by atoms with van der Waals surface area (Å²) < 4.78 is 10.8. The van der Waals surface area contributed by atoms with Gasteiger partial charge in [-0.15, -0.1) is 0 Å². The molecule has 1 aliphatic rings. The number of hydrogen-bond donors (Lipinski definition) is 0. The first kappa shape index (κ1) is 20.7. The van der Waals surface area contributed by atoms with Gasteiger partial charge in [0.15, 0.2) is 0 Å². The zero-order valence-corrected chi connectivity index (χ0v) is 17.1. The maximum atomic E-state index is 12.9. The summed E-state index contributed by atoms with van der Waals surface area (Å²) in [7, 11) is 1.57. The highest BCUT2D eigenvalue weighted by atomic mass is 16.5. The second-order valence-electron chi connectivity index (χ2n) is 6.98. The van der Waals surface area contributed by atoms with E-state index in [9.17, 15) is 9.59 Å². The fourth-order valence-corrected chi connectivity index (χ4v) is 3.52. The van der Waals surface area contributed by atoms with E-state index in [-0.39, 0.29) is 11.8 Å². The Morgan fingerprint density at radius 3 is 2.34 bits per heavy atom. The van der Waals surface area contributed by atoms with Crippen molar-refractivity contribution in [1.29, 1.82) is 0 Å². The lowest BCUT2D eigenvalue weighted by Crippen LogP contribution is -2.38. The highest BCUT2D eigenvalue weighted by molar-refractivity contribution is 5.97. The molecular formula is C23H28N2O4. The highest BCUT2D eigenvalue weighted by Gasteiger charge is 2.24. The van der Waals surface area contributed by atoms with Crippen LogP contribution in [-0.4, -0.2) is 61.5 Å². The van der Waals surface area contributed by atoms with Crippen LogP contribution in [0.25, 0.3) is 0 Å². The SMILES string of the molecule is CCOc1ccc(CC(=O)N2CCCN(C(=O)c3ccccc3OC)CC2)cc1. The minimum Gasteiger partial charge on any atom is -0.496 e. The molecule has 1 fully saturated rings. The summed E-state index contributed by atoms with van der Waals surface area (Å²) in [6.07, 6.45) is 1.11. The van der Waals surface area contributed by atoms with Gasteiger partial charge >= 0.3 is 0 Å². The van der Waals surface area contributed by atoms with Gasteiger partial charge in [0, 0.05) is 26.2 Å². The van der Waals surface area contributed by atoms with Crippen LogP contribution >= 0.6 is 0 Å². The Labute approximate surface area is 172 Å². The van der Waals surface area contributed by atoms with Crippen molar-refractivity contribution in [2.75, 3.05) is 39.9 Å². The molecule has 1 heterocycles. The van der Waals surface area contributed by atoms with Crippen LogP contribution in [0.15, 0.2) is 48.5 Å². The fourth-order valence-electron chi connectivity index (χ4n) is 3.52. The van der Waals surface area contributed by atoms with Gasteiger partial charge in [-0.2, -0.15) is 0 Å². The molecule has 0 aliphatic carbocycles. The Bertz CT molecular complexity index is 835. The van der Waals surface area contributed by atoms with Gasteiger partial charge in [-0.25, -0.2) is 0 Å². The molecule has 0 unspecified atom stereocenters. The highest BCUT2D eigenvalue weighted by Crippen LogP contribution is 2.20. The van der Waals surface area contributed by atoms with Crippen molar-refractivity contribution in [2.24, 2.45) is 0 Å². The van der Waals surface area contributed by atoms with E-state index in [0.717, 1.165) is 17.7 Å². The largest absolute Gasteiger partial charge is 0.496 e. The summed E-state index contributed by atoms with van der Waals surface area (Å²) in [5.74, 6) is 1.41. The zero-order valence-electron chi connectivity index (χ0n) is 17.1. The van der Waals surface area contributed by atoms with E-state index in [1.165, 1.54) is 0 Å². The lowest BCUT2D eigenvalue weighted by atomic mass is 10.1. The Morgan fingerprint density at radius 2 is 1.62 bits per heavy atom. The van der Waals surface area contributed by atoms with E-state index in [1.807, 2.05) is 53.1 Å². The summed E-state index contributed by atoms with van der Waals surface area (Å²) >= 11 is 0. The van der Waals surface area contributed by atoms with E-state index in [4.69, 9.17) is 9.47 Å². The van der Waals surface area contributed by atoms with Crippen LogP contribution in [0.5, 0.6) is 11.5 Å². The predicted molar refractivity (Wildman–Crippen MR) is 111 cm³/mol. The summed E-state index contributed by atoms with van der Waals surface area (Å²) in [6.45, 7) is 4.91. The maximum Gasteiger partial charge on any atom is 0.257 e. The third-order valence-electron chi connectivity index (χ3n) is 5.06. The lowest BCUT2D eigenvalue weighted by Gasteiger charge is -2.23. The summed E-state index contributed by atoms with van der Waals surface area (Å²) in [5.41, 5.74) is 1.52. The second-order valence-corrected chi connectivity index (χ2v) is 6.98. The topological polar surface area (TPSA) is 59.1 Å². The summed E-state index contributed by atoms with van der Waals surface area (Å²) in [6, 6.07) is 14.9. The van der Waals surface area contributed by atoms with Crippen molar-refractivity contribution in [3.63, 3.8) is 0 Å². The molecule has 0 spiro atoms. The molecule has 0 radical (unpaired) electrons. The summed E-state index contributed by atoms with van der Waals surface area (Å²) in [5, 5.41) is 0. The van der Waals surface area contributed by atoms with Crippen molar-refractivity contribution in [1.82, 2.24) is 9.80 Å². The standard InChI is InChI=1S/C23H28N2O4/c1-3-29-19-11-9-18(10-12-19)17-22(26)24-13-6-14-25(16-15-24)23(27)20-7-4-5-8-21(20)28-2/h4-5,7-12H,3,6,13-17H2,1-2H3. The normalized spacial score (nSPS) is 14.3. The molecule has 29 heavy (non-hydrogen) atoms. The number of rotatable bonds is 6. The van der Waals surface area contributed by atoms with Crippen molar-refractivity contribution < 1.29 is 19.1 Å². The number of para-hydroxylation sites is 1. The molecule has 0 atom stereocenters. The van der Waals surface area contributed by atoms with Gasteiger partial charge in [0.1, 0.15) is 11.5 Å². The second kappa shape index (κ2) is 9.96. The molecule has 0 saturated carbocycles. The molecule has 1 aliphatic heterocycles. The molecule has 6 heteroatoms. The molecule has 0 N–H and O–H groups in total. The van der Waals surface area contributed by atoms with Gasteiger partial charge in [-0.1, -0.05) is 24.3 Å². The van der Waals surface area contributed by atoms with Crippen molar-refractivity contribution in [3.8, 4) is 11.5 Å². The minimum absolute atomic E-state index is 0.0525. The van der Waals surface area contributed by atoms with Crippen LogP contribution in [0.4, 0.5) is 0 Å². The van der Waals surface area contributed by atoms with Crippen LogP contribution in [0.3, 0.4) is 0 Å². The Kier molecular flexibility index (Phi) is 7.11. The first-order valence-electron chi connectivity index (χ1n) is 10.0. The van der Waals surface area contributed by atoms with Gasteiger partial charge < -0.3 is 19.3 Å². The molecule has 0 bridgehead atoms. The van der Waals surface area contributed by atoms with Crippen LogP contribution < -0.4 is 9.47 Å². The van der Waals surface area contributed by atoms with Crippen LogP contribution in [0.2, 0.25) is 0 Å². The molecule has 154 valence electrons. The monoisotopic (exact) mass is 396 g/mol. The Hall–Kier alpha value is -3.02. The van der Waals surface area contributed by atoms with Gasteiger partial charge in [0.2, 0.25) is 5.91 Å². The lowest BCUT2D eigenvalue weighted by molar-refractivity contribution is -0.130. The molecule has 2 amide bonds. The quantitative estimate of drug-likeness (QED) is 0.753. The molecule has 1 saturated heterocycles. The molecular weight excluding hydrogens is 368 g/mol. The number of amides is 2. The molecule has 3 rings (SSSR count). The van der Waals surface area contributed by atoms with Crippen molar-refractivity contribution in [2.45, 2.75) is 19.8 Å². The number of nitrogens with zero attached hydrogens (tertiary/aromatic N) is 2. The summed E-state index contributed by atoms with van der Waals surface area (Å²) in [4.78, 5) is 29.3. The van der Waals surface area contributed by atoms with E-state index in [2.05, 4.69) is 0 Å². The fraction of sp³-hybridized carbons (Fsp3) is 0.391. The zero-order chi connectivity index (χ0) is 20.6. The number of hydrogen-bond acceptors (Lipinski definition) is 4. The molecule has 0 aromatic heterocycles. The predicted octanol–water partition coefficient (Wildman–Crippen LogP) is 3.01. The Morgan fingerprint density at radius 1 is 0.931 bits per heavy atom. The first-order chi connectivity index (χ1) is 14.1. The number of ether oxygens (including phenoxy) is 2. The van der Waals surface area contributed by atoms with Crippen LogP contribution in [-0.2, 0) is 11.2 Å². The first-order valence-corrected chi connectivity index (χ1v) is 10.0. The van der Waals surface area contributed by atoms with E-state index < -0.39 is 0 Å². The minimum atomic E-state index is -0.0525. The molecule has 2 aromatic carbocycles. The molecule has 2 aromatic rings. The van der Waals surface area contributed by atoms with E-state index in [1.54, 1.807) is 19.2 Å². The smallest absolute Gasteiger partial charge is 0.257 e. The van der Waals surface area contributed by atoms with E-state index in [0.29, 0.717) is 50.5 Å². The van der Waals surface area contributed by atoms with Gasteiger partial charge in [-0.05, 0) is 43.2 Å². The van der Waals surface area contributed by atoms with Gasteiger partial charge in [-0.3, -0.25) is 9.59 Å². The number of carbonyl (C=O) groups excluding carboxylic acids is 2. The van der Waals surface area contributed by atoms with Crippen LogP contribution in [0, 0.1) is 0 Å².